The van der Waals surface area contributed by atoms with Crippen molar-refractivity contribution < 1.29 is 4.79 Å². The second-order valence-electron chi connectivity index (χ2n) is 5.81. The lowest BCUT2D eigenvalue weighted by Crippen LogP contribution is -2.35. The van der Waals surface area contributed by atoms with Crippen LogP contribution in [0.5, 0.6) is 0 Å². The van der Waals surface area contributed by atoms with Gasteiger partial charge in [0.05, 0.1) is 0 Å². The molecule has 0 fully saturated rings. The molecular formula is C14H23N3O. The molecule has 0 unspecified atom stereocenters. The molecule has 4 nitrogen and oxygen atoms in total. The molecule has 2 N–H and O–H groups in total. The van der Waals surface area contributed by atoms with Gasteiger partial charge in [0.15, 0.2) is 0 Å². The summed E-state index contributed by atoms with van der Waals surface area (Å²) < 4.78 is 0. The summed E-state index contributed by atoms with van der Waals surface area (Å²) in [4.78, 5) is 13.7. The van der Waals surface area contributed by atoms with Crippen molar-refractivity contribution in [1.29, 1.82) is 0 Å². The van der Waals surface area contributed by atoms with Crippen LogP contribution in [0.25, 0.3) is 0 Å². The van der Waals surface area contributed by atoms with Gasteiger partial charge in [-0.1, -0.05) is 20.8 Å². The Hall–Kier alpha value is -1.71. The van der Waals surface area contributed by atoms with Crippen molar-refractivity contribution >= 4 is 17.4 Å². The zero-order chi connectivity index (χ0) is 13.8. The summed E-state index contributed by atoms with van der Waals surface area (Å²) in [6, 6.07) is 7.57. The third kappa shape index (κ3) is 5.08. The minimum Gasteiger partial charge on any atom is -0.378 e. The Balaban J connectivity index is 2.50. The van der Waals surface area contributed by atoms with Crippen LogP contribution < -0.4 is 15.5 Å². The van der Waals surface area contributed by atoms with E-state index in [2.05, 4.69) is 31.4 Å². The van der Waals surface area contributed by atoms with Crippen LogP contribution in [0, 0.1) is 5.41 Å². The van der Waals surface area contributed by atoms with E-state index in [9.17, 15) is 4.79 Å². The quantitative estimate of drug-likeness (QED) is 0.865. The van der Waals surface area contributed by atoms with Crippen LogP contribution >= 0.6 is 0 Å². The maximum Gasteiger partial charge on any atom is 0.319 e. The molecule has 0 aromatic heterocycles. The molecule has 100 valence electrons. The molecule has 2 amide bonds. The molecule has 0 bridgehead atoms. The number of hydrogen-bond acceptors (Lipinski definition) is 2. The smallest absolute Gasteiger partial charge is 0.319 e. The van der Waals surface area contributed by atoms with E-state index in [1.165, 1.54) is 0 Å². The van der Waals surface area contributed by atoms with E-state index < -0.39 is 0 Å². The third-order valence-electron chi connectivity index (χ3n) is 2.42. The van der Waals surface area contributed by atoms with Crippen LogP contribution in [0.3, 0.4) is 0 Å². The van der Waals surface area contributed by atoms with Crippen molar-refractivity contribution in [3.05, 3.63) is 24.3 Å². The lowest BCUT2D eigenvalue weighted by molar-refractivity contribution is 0.247. The highest BCUT2D eigenvalue weighted by molar-refractivity contribution is 5.89. The Morgan fingerprint density at radius 2 is 1.72 bits per heavy atom. The summed E-state index contributed by atoms with van der Waals surface area (Å²) in [6.07, 6.45) is 0. The van der Waals surface area contributed by atoms with E-state index in [0.717, 1.165) is 11.4 Å². The number of nitrogens with zero attached hydrogens (tertiary/aromatic N) is 1. The molecule has 0 saturated heterocycles. The van der Waals surface area contributed by atoms with E-state index in [-0.39, 0.29) is 11.4 Å². The number of nitrogens with one attached hydrogen (secondary N) is 2. The van der Waals surface area contributed by atoms with Crippen LogP contribution in [0.1, 0.15) is 20.8 Å². The molecule has 4 heteroatoms. The molecular weight excluding hydrogens is 226 g/mol. The minimum atomic E-state index is -0.164. The number of rotatable bonds is 3. The molecule has 1 rings (SSSR count). The van der Waals surface area contributed by atoms with E-state index >= 15 is 0 Å². The number of amides is 2. The Labute approximate surface area is 109 Å². The first-order chi connectivity index (χ1) is 8.28. The lowest BCUT2D eigenvalue weighted by Gasteiger charge is -2.19. The SMILES string of the molecule is CN(C)c1ccc(NC(=O)NCC(C)(C)C)cc1. The van der Waals surface area contributed by atoms with Crippen LogP contribution in [0.2, 0.25) is 0 Å². The van der Waals surface area contributed by atoms with Gasteiger partial charge in [-0.05, 0) is 29.7 Å². The predicted molar refractivity (Wildman–Crippen MR) is 77.2 cm³/mol. The van der Waals surface area contributed by atoms with Crippen molar-refractivity contribution in [3.8, 4) is 0 Å². The fourth-order valence-corrected chi connectivity index (χ4v) is 1.36. The molecule has 1 aromatic rings. The maximum atomic E-state index is 11.6. The zero-order valence-electron chi connectivity index (χ0n) is 11.9. The average molecular weight is 249 g/mol. The van der Waals surface area contributed by atoms with Gasteiger partial charge in [-0.25, -0.2) is 4.79 Å². The molecule has 0 saturated carbocycles. The van der Waals surface area contributed by atoms with E-state index in [1.54, 1.807) is 0 Å². The highest BCUT2D eigenvalue weighted by Crippen LogP contribution is 2.15. The number of carbonyl (C=O) groups is 1. The fourth-order valence-electron chi connectivity index (χ4n) is 1.36. The van der Waals surface area contributed by atoms with Crippen molar-refractivity contribution in [2.45, 2.75) is 20.8 Å². The summed E-state index contributed by atoms with van der Waals surface area (Å²) in [5.74, 6) is 0. The highest BCUT2D eigenvalue weighted by atomic mass is 16.2. The summed E-state index contributed by atoms with van der Waals surface area (Å²) in [5, 5.41) is 5.66. The van der Waals surface area contributed by atoms with Crippen LogP contribution in [0.4, 0.5) is 16.2 Å². The first-order valence-corrected chi connectivity index (χ1v) is 6.10. The normalized spacial score (nSPS) is 10.9. The second-order valence-corrected chi connectivity index (χ2v) is 5.81. The summed E-state index contributed by atoms with van der Waals surface area (Å²) in [7, 11) is 3.97. The predicted octanol–water partition coefficient (Wildman–Crippen LogP) is 2.92. The van der Waals surface area contributed by atoms with Crippen LogP contribution in [0.15, 0.2) is 24.3 Å². The van der Waals surface area contributed by atoms with Gasteiger partial charge >= 0.3 is 6.03 Å². The highest BCUT2D eigenvalue weighted by Gasteiger charge is 2.11. The zero-order valence-corrected chi connectivity index (χ0v) is 11.9. The molecule has 0 aliphatic heterocycles. The number of hydrogen-bond donors (Lipinski definition) is 2. The van der Waals surface area contributed by atoms with Gasteiger partial charge in [0, 0.05) is 32.0 Å². The van der Waals surface area contributed by atoms with Gasteiger partial charge in [0.2, 0.25) is 0 Å². The van der Waals surface area contributed by atoms with Crippen LogP contribution in [-0.2, 0) is 0 Å². The molecule has 18 heavy (non-hydrogen) atoms. The number of anilines is 2. The monoisotopic (exact) mass is 249 g/mol. The van der Waals surface area contributed by atoms with Gasteiger partial charge < -0.3 is 15.5 Å². The largest absolute Gasteiger partial charge is 0.378 e. The summed E-state index contributed by atoms with van der Waals surface area (Å²) in [6.45, 7) is 6.89. The standard InChI is InChI=1S/C14H23N3O/c1-14(2,3)10-15-13(18)16-11-6-8-12(9-7-11)17(4)5/h6-9H,10H2,1-5H3,(H2,15,16,18). The Bertz CT molecular complexity index is 390. The van der Waals surface area contributed by atoms with Gasteiger partial charge in [-0.3, -0.25) is 0 Å². The fraction of sp³-hybridized carbons (Fsp3) is 0.500. The first-order valence-electron chi connectivity index (χ1n) is 6.10. The molecule has 0 aliphatic carbocycles. The number of urea groups is 1. The van der Waals surface area contributed by atoms with E-state index in [4.69, 9.17) is 0 Å². The second kappa shape index (κ2) is 5.76. The average Bonchev–Trinajstić information content (AvgIpc) is 2.26. The van der Waals surface area contributed by atoms with Crippen molar-refractivity contribution in [2.24, 2.45) is 5.41 Å². The van der Waals surface area contributed by atoms with Gasteiger partial charge in [0.25, 0.3) is 0 Å². The molecule has 1 aromatic carbocycles. The van der Waals surface area contributed by atoms with Gasteiger partial charge in [0.1, 0.15) is 0 Å². The van der Waals surface area contributed by atoms with Crippen molar-refractivity contribution in [1.82, 2.24) is 5.32 Å². The topological polar surface area (TPSA) is 44.4 Å². The number of carbonyl (C=O) groups excluding carboxylic acids is 1. The van der Waals surface area contributed by atoms with Gasteiger partial charge in [-0.2, -0.15) is 0 Å². The molecule has 0 atom stereocenters. The Kier molecular flexibility index (Phi) is 4.59. The maximum absolute atomic E-state index is 11.6. The molecule has 0 aliphatic rings. The minimum absolute atomic E-state index is 0.0894. The first kappa shape index (κ1) is 14.4. The Morgan fingerprint density at radius 1 is 1.17 bits per heavy atom. The van der Waals surface area contributed by atoms with Crippen molar-refractivity contribution in [2.75, 3.05) is 30.9 Å². The third-order valence-corrected chi connectivity index (χ3v) is 2.42. The molecule has 0 radical (unpaired) electrons. The van der Waals surface area contributed by atoms with Crippen molar-refractivity contribution in [3.63, 3.8) is 0 Å². The Morgan fingerprint density at radius 3 is 2.17 bits per heavy atom. The molecule has 0 spiro atoms. The number of benzene rings is 1. The van der Waals surface area contributed by atoms with E-state index in [1.807, 2.05) is 43.3 Å². The summed E-state index contributed by atoms with van der Waals surface area (Å²) in [5.41, 5.74) is 1.99. The lowest BCUT2D eigenvalue weighted by atomic mass is 9.97. The van der Waals surface area contributed by atoms with E-state index in [0.29, 0.717) is 6.54 Å². The van der Waals surface area contributed by atoms with Gasteiger partial charge in [-0.15, -0.1) is 0 Å². The van der Waals surface area contributed by atoms with Crippen LogP contribution in [-0.4, -0.2) is 26.7 Å². The summed E-state index contributed by atoms with van der Waals surface area (Å²) >= 11 is 0. The molecule has 0 heterocycles.